The fraction of sp³-hybridized carbons (Fsp3) is 0.522. The molecule has 0 bridgehead atoms. The van der Waals surface area contributed by atoms with Gasteiger partial charge in [0.25, 0.3) is 0 Å². The third-order valence-electron chi connectivity index (χ3n) is 6.54. The highest BCUT2D eigenvalue weighted by Crippen LogP contribution is 2.40. The van der Waals surface area contributed by atoms with Crippen molar-refractivity contribution in [3.05, 3.63) is 47.1 Å². The fourth-order valence-electron chi connectivity index (χ4n) is 4.85. The molecule has 1 unspecified atom stereocenters. The molecule has 2 aromatic rings. The lowest BCUT2D eigenvalue weighted by atomic mass is 9.79. The Morgan fingerprint density at radius 2 is 1.93 bits per heavy atom. The monoisotopic (exact) mass is 443 g/mol. The zero-order chi connectivity index (χ0) is 21.0. The summed E-state index contributed by atoms with van der Waals surface area (Å²) in [6.45, 7) is 4.04. The van der Waals surface area contributed by atoms with Crippen molar-refractivity contribution in [2.75, 3.05) is 23.3 Å². The summed E-state index contributed by atoms with van der Waals surface area (Å²) in [4.78, 5) is 11.3. The fourth-order valence-corrected chi connectivity index (χ4v) is 5.19. The van der Waals surface area contributed by atoms with E-state index in [-0.39, 0.29) is 5.41 Å². The lowest BCUT2D eigenvalue weighted by molar-refractivity contribution is 0.435. The first-order chi connectivity index (χ1) is 14.6. The largest absolute Gasteiger partial charge is 0.361 e. The average Bonchev–Trinajstić information content (AvgIpc) is 3.23. The second kappa shape index (κ2) is 9.48. The van der Waals surface area contributed by atoms with Gasteiger partial charge in [-0.1, -0.05) is 54.8 Å². The summed E-state index contributed by atoms with van der Waals surface area (Å²) >= 11 is 11.9. The van der Waals surface area contributed by atoms with E-state index >= 15 is 0 Å². The molecule has 1 aliphatic heterocycles. The number of hydrogen-bond donors (Lipinski definition) is 2. The topological polar surface area (TPSA) is 53.1 Å². The minimum atomic E-state index is 0.135. The number of aromatic nitrogens is 2. The Hall–Kier alpha value is -1.92. The van der Waals surface area contributed by atoms with E-state index in [4.69, 9.17) is 28.8 Å². The number of nitrogens with zero attached hydrogens (tertiary/aromatic N) is 3. The first-order valence-electron chi connectivity index (χ1n) is 11.0. The van der Waals surface area contributed by atoms with Crippen molar-refractivity contribution in [3.63, 3.8) is 0 Å². The van der Waals surface area contributed by atoms with Crippen molar-refractivity contribution < 1.29 is 0 Å². The van der Waals surface area contributed by atoms with E-state index in [1.807, 2.05) is 6.07 Å². The van der Waals surface area contributed by atoms with E-state index in [1.54, 1.807) is 0 Å². The Kier molecular flexibility index (Phi) is 6.74. The minimum Gasteiger partial charge on any atom is -0.361 e. The van der Waals surface area contributed by atoms with Gasteiger partial charge in [-0.3, -0.25) is 0 Å². The third kappa shape index (κ3) is 4.86. The number of anilines is 2. The van der Waals surface area contributed by atoms with E-state index in [0.717, 1.165) is 18.9 Å². The zero-order valence-electron chi connectivity index (χ0n) is 17.5. The average molecular weight is 444 g/mol. The number of halogens is 1. The first kappa shape index (κ1) is 21.3. The molecule has 2 aliphatic rings. The van der Waals surface area contributed by atoms with Gasteiger partial charge < -0.3 is 15.5 Å². The van der Waals surface area contributed by atoms with Gasteiger partial charge in [0.1, 0.15) is 11.0 Å². The Balaban J connectivity index is 1.42. The Morgan fingerprint density at radius 1 is 1.17 bits per heavy atom. The molecule has 5 nitrogen and oxygen atoms in total. The summed E-state index contributed by atoms with van der Waals surface area (Å²) in [6.07, 6.45) is 8.48. The van der Waals surface area contributed by atoms with Crippen LogP contribution >= 0.6 is 23.8 Å². The lowest BCUT2D eigenvalue weighted by Gasteiger charge is -2.34. The molecule has 30 heavy (non-hydrogen) atoms. The molecule has 2 heterocycles. The molecule has 1 saturated heterocycles. The van der Waals surface area contributed by atoms with Gasteiger partial charge in [0.15, 0.2) is 5.11 Å². The normalized spacial score (nSPS) is 20.7. The van der Waals surface area contributed by atoms with Crippen molar-refractivity contribution in [2.24, 2.45) is 0 Å². The SMILES string of the molecule is CC1CCCCN1c1cc(Cl)nc(NC(=S)NCC2(c3ccccc3)CCCC2)n1. The molecule has 1 aromatic carbocycles. The highest BCUT2D eigenvalue weighted by atomic mass is 35.5. The maximum absolute atomic E-state index is 6.30. The van der Waals surface area contributed by atoms with Crippen molar-refractivity contribution in [3.8, 4) is 0 Å². The Morgan fingerprint density at radius 3 is 2.67 bits per heavy atom. The molecule has 0 spiro atoms. The van der Waals surface area contributed by atoms with Gasteiger partial charge in [0.05, 0.1) is 0 Å². The van der Waals surface area contributed by atoms with Gasteiger partial charge in [0, 0.05) is 30.6 Å². The molecule has 7 heteroatoms. The number of nitrogens with one attached hydrogen (secondary N) is 2. The van der Waals surface area contributed by atoms with Crippen LogP contribution < -0.4 is 15.5 Å². The highest BCUT2D eigenvalue weighted by molar-refractivity contribution is 7.80. The van der Waals surface area contributed by atoms with E-state index < -0.39 is 0 Å². The van der Waals surface area contributed by atoms with Crippen LogP contribution in [0, 0.1) is 0 Å². The second-order valence-electron chi connectivity index (χ2n) is 8.57. The molecule has 2 N–H and O–H groups in total. The summed E-state index contributed by atoms with van der Waals surface area (Å²) in [5, 5.41) is 7.55. The summed E-state index contributed by atoms with van der Waals surface area (Å²) in [6, 6.07) is 13.1. The molecule has 1 saturated carbocycles. The zero-order valence-corrected chi connectivity index (χ0v) is 19.1. The Bertz CT molecular complexity index is 869. The van der Waals surface area contributed by atoms with Crippen LogP contribution in [-0.4, -0.2) is 34.2 Å². The van der Waals surface area contributed by atoms with E-state index in [0.29, 0.717) is 22.3 Å². The smallest absolute Gasteiger partial charge is 0.232 e. The number of rotatable bonds is 5. The van der Waals surface area contributed by atoms with Gasteiger partial charge in [-0.2, -0.15) is 4.98 Å². The summed E-state index contributed by atoms with van der Waals surface area (Å²) in [5.41, 5.74) is 1.52. The quantitative estimate of drug-likeness (QED) is 0.482. The Labute approximate surface area is 189 Å². The van der Waals surface area contributed by atoms with Crippen molar-refractivity contribution in [1.82, 2.24) is 15.3 Å². The van der Waals surface area contributed by atoms with Gasteiger partial charge in [-0.25, -0.2) is 4.98 Å². The minimum absolute atomic E-state index is 0.135. The third-order valence-corrected chi connectivity index (χ3v) is 6.98. The summed E-state index contributed by atoms with van der Waals surface area (Å²) < 4.78 is 0. The number of benzene rings is 1. The lowest BCUT2D eigenvalue weighted by Crippen LogP contribution is -2.41. The molecule has 1 aliphatic carbocycles. The van der Waals surface area contributed by atoms with Crippen molar-refractivity contribution in [1.29, 1.82) is 0 Å². The predicted molar refractivity (Wildman–Crippen MR) is 129 cm³/mol. The molecule has 0 radical (unpaired) electrons. The van der Waals surface area contributed by atoms with Gasteiger partial charge in [-0.15, -0.1) is 0 Å². The highest BCUT2D eigenvalue weighted by Gasteiger charge is 2.35. The molecule has 4 rings (SSSR count). The van der Waals surface area contributed by atoms with Crippen LogP contribution in [-0.2, 0) is 5.41 Å². The van der Waals surface area contributed by atoms with Crippen LogP contribution in [0.5, 0.6) is 0 Å². The molecular weight excluding hydrogens is 414 g/mol. The molecule has 0 amide bonds. The predicted octanol–water partition coefficient (Wildman–Crippen LogP) is 5.31. The molecule has 1 atom stereocenters. The maximum atomic E-state index is 6.30. The number of piperidine rings is 1. The molecule has 2 fully saturated rings. The van der Waals surface area contributed by atoms with Crippen LogP contribution in [0.2, 0.25) is 5.15 Å². The molecule has 160 valence electrons. The van der Waals surface area contributed by atoms with Crippen LogP contribution in [0.1, 0.15) is 57.4 Å². The van der Waals surface area contributed by atoms with Crippen molar-refractivity contribution in [2.45, 2.75) is 63.3 Å². The maximum Gasteiger partial charge on any atom is 0.232 e. The number of hydrogen-bond acceptors (Lipinski definition) is 4. The van der Waals surface area contributed by atoms with E-state index in [1.165, 1.54) is 50.5 Å². The van der Waals surface area contributed by atoms with Gasteiger partial charge in [-0.05, 0) is 56.8 Å². The summed E-state index contributed by atoms with van der Waals surface area (Å²) in [5.74, 6) is 1.32. The van der Waals surface area contributed by atoms with Gasteiger partial charge in [0.2, 0.25) is 5.95 Å². The number of thiocarbonyl (C=S) groups is 1. The van der Waals surface area contributed by atoms with E-state index in [2.05, 4.69) is 57.8 Å². The standard InChI is InChI=1S/C23H30ClN5S/c1-17-9-5-8-14-29(17)20-15-19(24)26-21(27-20)28-22(30)25-16-23(12-6-7-13-23)18-10-3-2-4-11-18/h2-4,10-11,15,17H,5-9,12-14,16H2,1H3,(H2,25,26,27,28,30). The van der Waals surface area contributed by atoms with Crippen LogP contribution in [0.15, 0.2) is 36.4 Å². The molecular formula is C23H30ClN5S. The summed E-state index contributed by atoms with van der Waals surface area (Å²) in [7, 11) is 0. The van der Waals surface area contributed by atoms with Crippen LogP contribution in [0.4, 0.5) is 11.8 Å². The molecule has 1 aromatic heterocycles. The first-order valence-corrected chi connectivity index (χ1v) is 11.8. The van der Waals surface area contributed by atoms with E-state index in [9.17, 15) is 0 Å². The van der Waals surface area contributed by atoms with Crippen LogP contribution in [0.3, 0.4) is 0 Å². The van der Waals surface area contributed by atoms with Gasteiger partial charge >= 0.3 is 0 Å². The van der Waals surface area contributed by atoms with Crippen LogP contribution in [0.25, 0.3) is 0 Å². The second-order valence-corrected chi connectivity index (χ2v) is 9.37. The van der Waals surface area contributed by atoms with Crippen molar-refractivity contribution >= 4 is 40.7 Å².